The summed E-state index contributed by atoms with van der Waals surface area (Å²) in [6.07, 6.45) is 3.05. The van der Waals surface area contributed by atoms with E-state index in [1.165, 1.54) is 0 Å². The molecule has 0 aromatic heterocycles. The minimum Gasteiger partial charge on any atom is -0.497 e. The zero-order valence-corrected chi connectivity index (χ0v) is 17.7. The second-order valence-corrected chi connectivity index (χ2v) is 7.25. The Morgan fingerprint density at radius 2 is 2.04 bits per heavy atom. The summed E-state index contributed by atoms with van der Waals surface area (Å²) in [6.45, 7) is 6.26. The van der Waals surface area contributed by atoms with E-state index < -0.39 is 0 Å². The van der Waals surface area contributed by atoms with Crippen LogP contribution < -0.4 is 15.4 Å². The van der Waals surface area contributed by atoms with Gasteiger partial charge in [0, 0.05) is 33.7 Å². The molecule has 1 unspecified atom stereocenters. The number of nitrogens with one attached hydrogen (secondary N) is 2. The Labute approximate surface area is 169 Å². The van der Waals surface area contributed by atoms with Crippen molar-refractivity contribution in [2.24, 2.45) is 4.99 Å². The molecule has 1 aromatic carbocycles. The number of likely N-dealkylation sites (N-methyl/N-ethyl adjacent to an activating group) is 1. The first-order valence-electron chi connectivity index (χ1n) is 10.2. The molecule has 1 aliphatic rings. The zero-order chi connectivity index (χ0) is 20.4. The van der Waals surface area contributed by atoms with E-state index in [-0.39, 0.29) is 11.9 Å². The lowest BCUT2D eigenvalue weighted by Gasteiger charge is -2.26. The Kier molecular flexibility index (Phi) is 9.07. The zero-order valence-electron chi connectivity index (χ0n) is 17.7. The average molecular weight is 390 g/mol. The van der Waals surface area contributed by atoms with Crippen molar-refractivity contribution in [3.8, 4) is 5.75 Å². The first-order valence-corrected chi connectivity index (χ1v) is 10.2. The molecule has 1 fully saturated rings. The number of hydrogen-bond acceptors (Lipinski definition) is 4. The Morgan fingerprint density at radius 1 is 1.29 bits per heavy atom. The minimum atomic E-state index is 0.0481. The lowest BCUT2D eigenvalue weighted by Crippen LogP contribution is -2.44. The topological polar surface area (TPSA) is 69.2 Å². The molecule has 0 radical (unpaired) electrons. The van der Waals surface area contributed by atoms with Gasteiger partial charge in [0.1, 0.15) is 5.75 Å². The standard InChI is InChI=1S/C21H35N5O2/c1-5-22-21(24-16-17-9-11-18(28-4)12-10-17)23-13-7-15-26-14-6-8-19(26)20(27)25(2)3/h9-12,19H,5-8,13-16H2,1-4H3,(H2,22,23,24). The Bertz CT molecular complexity index is 630. The molecular weight excluding hydrogens is 354 g/mol. The fraction of sp³-hybridized carbons (Fsp3) is 0.619. The summed E-state index contributed by atoms with van der Waals surface area (Å²) in [4.78, 5) is 20.9. The van der Waals surface area contributed by atoms with Gasteiger partial charge in [0.2, 0.25) is 5.91 Å². The second kappa shape index (κ2) is 11.5. The highest BCUT2D eigenvalue weighted by molar-refractivity contribution is 5.81. The molecular formula is C21H35N5O2. The third kappa shape index (κ3) is 6.71. The van der Waals surface area contributed by atoms with Crippen LogP contribution in [0.4, 0.5) is 0 Å². The first kappa shape index (κ1) is 22.0. The molecule has 0 bridgehead atoms. The summed E-state index contributed by atoms with van der Waals surface area (Å²) in [7, 11) is 5.34. The molecule has 1 atom stereocenters. The molecule has 0 spiro atoms. The quantitative estimate of drug-likeness (QED) is 0.382. The molecule has 1 aliphatic heterocycles. The smallest absolute Gasteiger partial charge is 0.239 e. The number of rotatable bonds is 9. The summed E-state index contributed by atoms with van der Waals surface area (Å²) < 4.78 is 5.19. The number of benzene rings is 1. The summed E-state index contributed by atoms with van der Waals surface area (Å²) in [5, 5.41) is 6.68. The summed E-state index contributed by atoms with van der Waals surface area (Å²) in [5.74, 6) is 1.89. The van der Waals surface area contributed by atoms with Crippen LogP contribution in [0.25, 0.3) is 0 Å². The third-order valence-corrected chi connectivity index (χ3v) is 4.93. The molecule has 0 aliphatic carbocycles. The number of carbonyl (C=O) groups is 1. The SMILES string of the molecule is CCNC(=NCc1ccc(OC)cc1)NCCCN1CCCC1C(=O)N(C)C. The number of nitrogens with zero attached hydrogens (tertiary/aromatic N) is 3. The molecule has 2 N–H and O–H groups in total. The van der Waals surface area contributed by atoms with Crippen molar-refractivity contribution in [3.05, 3.63) is 29.8 Å². The van der Waals surface area contributed by atoms with E-state index in [0.717, 1.165) is 62.7 Å². The maximum absolute atomic E-state index is 12.3. The van der Waals surface area contributed by atoms with Crippen LogP contribution in [0.5, 0.6) is 5.75 Å². The maximum Gasteiger partial charge on any atom is 0.239 e. The van der Waals surface area contributed by atoms with Gasteiger partial charge in [0.15, 0.2) is 5.96 Å². The molecule has 2 rings (SSSR count). The van der Waals surface area contributed by atoms with Crippen molar-refractivity contribution in [3.63, 3.8) is 0 Å². The summed E-state index contributed by atoms with van der Waals surface area (Å²) in [5.41, 5.74) is 1.14. The van der Waals surface area contributed by atoms with Crippen LogP contribution in [0, 0.1) is 0 Å². The number of hydrogen-bond donors (Lipinski definition) is 2. The lowest BCUT2D eigenvalue weighted by molar-refractivity contribution is -0.133. The van der Waals surface area contributed by atoms with E-state index in [1.54, 1.807) is 12.0 Å². The van der Waals surface area contributed by atoms with Crippen molar-refractivity contribution in [2.45, 2.75) is 38.8 Å². The Balaban J connectivity index is 1.78. The van der Waals surface area contributed by atoms with Gasteiger partial charge in [-0.05, 0) is 50.4 Å². The highest BCUT2D eigenvalue weighted by Crippen LogP contribution is 2.18. The van der Waals surface area contributed by atoms with E-state index >= 15 is 0 Å². The number of likely N-dealkylation sites (tertiary alicyclic amines) is 1. The number of guanidine groups is 1. The molecule has 0 saturated carbocycles. The van der Waals surface area contributed by atoms with Crippen LogP contribution in [0.15, 0.2) is 29.3 Å². The monoisotopic (exact) mass is 389 g/mol. The molecule has 7 nitrogen and oxygen atoms in total. The average Bonchev–Trinajstić information content (AvgIpc) is 3.17. The Hall–Kier alpha value is -2.28. The van der Waals surface area contributed by atoms with Crippen LogP contribution in [0.3, 0.4) is 0 Å². The number of methoxy groups -OCH3 is 1. The highest BCUT2D eigenvalue weighted by Gasteiger charge is 2.30. The Morgan fingerprint density at radius 3 is 2.68 bits per heavy atom. The van der Waals surface area contributed by atoms with Crippen molar-refractivity contribution in [2.75, 3.05) is 47.4 Å². The van der Waals surface area contributed by atoms with Gasteiger partial charge in [0.25, 0.3) is 0 Å². The molecule has 1 aromatic rings. The molecule has 1 saturated heterocycles. The molecule has 28 heavy (non-hydrogen) atoms. The summed E-state index contributed by atoms with van der Waals surface area (Å²) >= 11 is 0. The minimum absolute atomic E-state index is 0.0481. The van der Waals surface area contributed by atoms with Crippen molar-refractivity contribution >= 4 is 11.9 Å². The van der Waals surface area contributed by atoms with E-state index in [2.05, 4.69) is 27.4 Å². The fourth-order valence-electron chi connectivity index (χ4n) is 3.40. The largest absolute Gasteiger partial charge is 0.497 e. The van der Waals surface area contributed by atoms with Crippen LogP contribution in [0.2, 0.25) is 0 Å². The number of ether oxygens (including phenoxy) is 1. The maximum atomic E-state index is 12.3. The normalized spacial score (nSPS) is 17.4. The van der Waals surface area contributed by atoms with Gasteiger partial charge in [0.05, 0.1) is 19.7 Å². The predicted octanol–water partition coefficient (Wildman–Crippen LogP) is 1.69. The van der Waals surface area contributed by atoms with Gasteiger partial charge in [-0.1, -0.05) is 12.1 Å². The lowest BCUT2D eigenvalue weighted by atomic mass is 10.2. The van der Waals surface area contributed by atoms with Crippen molar-refractivity contribution in [1.82, 2.24) is 20.4 Å². The van der Waals surface area contributed by atoms with E-state index in [0.29, 0.717) is 6.54 Å². The molecule has 1 heterocycles. The van der Waals surface area contributed by atoms with Gasteiger partial charge in [-0.25, -0.2) is 4.99 Å². The van der Waals surface area contributed by atoms with E-state index in [9.17, 15) is 4.79 Å². The first-order chi connectivity index (χ1) is 13.5. The number of carbonyl (C=O) groups excluding carboxylic acids is 1. The molecule has 7 heteroatoms. The number of aliphatic imine (C=N–C) groups is 1. The summed E-state index contributed by atoms with van der Waals surface area (Å²) in [6, 6.07) is 8.01. The van der Waals surface area contributed by atoms with Crippen LogP contribution in [-0.4, -0.2) is 75.1 Å². The van der Waals surface area contributed by atoms with Gasteiger partial charge < -0.3 is 20.3 Å². The van der Waals surface area contributed by atoms with Crippen LogP contribution in [0.1, 0.15) is 31.7 Å². The fourth-order valence-corrected chi connectivity index (χ4v) is 3.40. The van der Waals surface area contributed by atoms with Crippen molar-refractivity contribution in [1.29, 1.82) is 0 Å². The van der Waals surface area contributed by atoms with E-state index in [1.807, 2.05) is 38.4 Å². The molecule has 1 amide bonds. The predicted molar refractivity (Wildman–Crippen MR) is 114 cm³/mol. The van der Waals surface area contributed by atoms with Crippen molar-refractivity contribution < 1.29 is 9.53 Å². The number of amides is 1. The van der Waals surface area contributed by atoms with Gasteiger partial charge in [-0.15, -0.1) is 0 Å². The third-order valence-electron chi connectivity index (χ3n) is 4.93. The molecule has 156 valence electrons. The van der Waals surface area contributed by atoms with Gasteiger partial charge in [-0.2, -0.15) is 0 Å². The second-order valence-electron chi connectivity index (χ2n) is 7.25. The van der Waals surface area contributed by atoms with Gasteiger partial charge >= 0.3 is 0 Å². The van der Waals surface area contributed by atoms with Crippen LogP contribution in [-0.2, 0) is 11.3 Å². The highest BCUT2D eigenvalue weighted by atomic mass is 16.5. The van der Waals surface area contributed by atoms with Gasteiger partial charge in [-0.3, -0.25) is 9.69 Å². The van der Waals surface area contributed by atoms with E-state index in [4.69, 9.17) is 4.74 Å². The van der Waals surface area contributed by atoms with Crippen LogP contribution >= 0.6 is 0 Å².